The summed E-state index contributed by atoms with van der Waals surface area (Å²) >= 11 is 1.69. The van der Waals surface area contributed by atoms with Crippen LogP contribution in [0.1, 0.15) is 32.6 Å². The summed E-state index contributed by atoms with van der Waals surface area (Å²) in [7, 11) is 0. The molecule has 4 nitrogen and oxygen atoms in total. The molecular weight excluding hydrogens is 284 g/mol. The van der Waals surface area contributed by atoms with Gasteiger partial charge in [-0.25, -0.2) is 4.79 Å². The van der Waals surface area contributed by atoms with E-state index in [1.807, 2.05) is 0 Å². The Bertz CT molecular complexity index is 640. The molecule has 1 heterocycles. The zero-order valence-corrected chi connectivity index (χ0v) is 13.1. The fraction of sp³-hybridized carbons (Fsp3) is 0.250. The van der Waals surface area contributed by atoms with Gasteiger partial charge in [0, 0.05) is 21.0 Å². The number of ketones is 1. The molecule has 0 spiro atoms. The van der Waals surface area contributed by atoms with Crippen molar-refractivity contribution in [1.82, 2.24) is 5.32 Å². The van der Waals surface area contributed by atoms with Crippen LogP contribution in [0.4, 0.5) is 10.5 Å². The number of hydrogen-bond acceptors (Lipinski definition) is 3. The van der Waals surface area contributed by atoms with Crippen molar-refractivity contribution in [3.05, 3.63) is 51.2 Å². The fourth-order valence-electron chi connectivity index (χ4n) is 1.87. The van der Waals surface area contributed by atoms with E-state index in [1.165, 1.54) is 17.4 Å². The van der Waals surface area contributed by atoms with Gasteiger partial charge in [-0.2, -0.15) is 0 Å². The van der Waals surface area contributed by atoms with Crippen molar-refractivity contribution >= 4 is 28.8 Å². The highest BCUT2D eigenvalue weighted by Gasteiger charge is 2.05. The van der Waals surface area contributed by atoms with E-state index < -0.39 is 0 Å². The Hall–Kier alpha value is -2.14. The quantitative estimate of drug-likeness (QED) is 0.842. The smallest absolute Gasteiger partial charge is 0.319 e. The molecule has 0 atom stereocenters. The van der Waals surface area contributed by atoms with Gasteiger partial charge < -0.3 is 10.6 Å². The van der Waals surface area contributed by atoms with Crippen LogP contribution in [-0.2, 0) is 6.54 Å². The lowest BCUT2D eigenvalue weighted by molar-refractivity contribution is 0.101. The first-order valence-electron chi connectivity index (χ1n) is 6.67. The van der Waals surface area contributed by atoms with Crippen molar-refractivity contribution < 1.29 is 9.59 Å². The van der Waals surface area contributed by atoms with Crippen molar-refractivity contribution in [2.75, 3.05) is 5.32 Å². The van der Waals surface area contributed by atoms with Crippen LogP contribution < -0.4 is 10.6 Å². The third-order valence-corrected chi connectivity index (χ3v) is 4.34. The molecule has 0 aliphatic carbocycles. The van der Waals surface area contributed by atoms with E-state index in [0.717, 1.165) is 4.88 Å². The summed E-state index contributed by atoms with van der Waals surface area (Å²) in [6.07, 6.45) is 0. The number of anilines is 1. The Balaban J connectivity index is 1.88. The van der Waals surface area contributed by atoms with Crippen LogP contribution in [-0.4, -0.2) is 11.8 Å². The van der Waals surface area contributed by atoms with E-state index in [-0.39, 0.29) is 11.8 Å². The second-order valence-electron chi connectivity index (χ2n) is 4.89. The van der Waals surface area contributed by atoms with Crippen molar-refractivity contribution in [2.45, 2.75) is 27.3 Å². The van der Waals surface area contributed by atoms with Crippen molar-refractivity contribution in [3.63, 3.8) is 0 Å². The lowest BCUT2D eigenvalue weighted by Gasteiger charge is -2.07. The predicted molar refractivity (Wildman–Crippen MR) is 86.1 cm³/mol. The van der Waals surface area contributed by atoms with Crippen LogP contribution in [0.3, 0.4) is 0 Å². The highest BCUT2D eigenvalue weighted by atomic mass is 32.1. The van der Waals surface area contributed by atoms with Crippen LogP contribution in [0, 0.1) is 13.8 Å². The summed E-state index contributed by atoms with van der Waals surface area (Å²) in [6.45, 7) is 6.16. The molecule has 0 saturated heterocycles. The van der Waals surface area contributed by atoms with Crippen molar-refractivity contribution in [2.24, 2.45) is 0 Å². The van der Waals surface area contributed by atoms with Gasteiger partial charge in [-0.05, 0) is 56.7 Å². The molecule has 0 radical (unpaired) electrons. The number of urea groups is 1. The maximum absolute atomic E-state index is 11.8. The number of Topliss-reactive ketones (excluding diaryl/α,β-unsaturated/α-hetero) is 1. The molecule has 0 aliphatic heterocycles. The van der Waals surface area contributed by atoms with E-state index in [9.17, 15) is 9.59 Å². The Morgan fingerprint density at radius 3 is 2.33 bits per heavy atom. The molecule has 2 rings (SSSR count). The van der Waals surface area contributed by atoms with E-state index in [0.29, 0.717) is 17.8 Å². The molecule has 21 heavy (non-hydrogen) atoms. The number of carbonyl (C=O) groups is 2. The molecule has 1 aromatic carbocycles. The van der Waals surface area contributed by atoms with E-state index in [2.05, 4.69) is 30.5 Å². The highest BCUT2D eigenvalue weighted by molar-refractivity contribution is 7.12. The molecule has 0 unspecified atom stereocenters. The standard InChI is InChI=1S/C16H18N2O2S/c1-10-8-15(21-12(10)3)9-17-16(20)18-14-6-4-13(5-7-14)11(2)19/h4-8H,9H2,1-3H3,(H2,17,18,20). The minimum Gasteiger partial charge on any atom is -0.333 e. The average Bonchev–Trinajstić information content (AvgIpc) is 2.76. The van der Waals surface area contributed by atoms with Crippen LogP contribution in [0.2, 0.25) is 0 Å². The number of aryl methyl sites for hydroxylation is 2. The third-order valence-electron chi connectivity index (χ3n) is 3.19. The molecular formula is C16H18N2O2S. The lowest BCUT2D eigenvalue weighted by Crippen LogP contribution is -2.27. The normalized spacial score (nSPS) is 10.2. The molecule has 1 aromatic heterocycles. The van der Waals surface area contributed by atoms with Gasteiger partial charge in [0.05, 0.1) is 6.54 Å². The monoisotopic (exact) mass is 302 g/mol. The number of rotatable bonds is 4. The summed E-state index contributed by atoms with van der Waals surface area (Å²) in [5, 5.41) is 5.56. The second kappa shape index (κ2) is 6.54. The van der Waals surface area contributed by atoms with Gasteiger partial charge in [-0.15, -0.1) is 11.3 Å². The summed E-state index contributed by atoms with van der Waals surface area (Å²) in [5.74, 6) is 0.00874. The first-order chi connectivity index (χ1) is 9.95. The highest BCUT2D eigenvalue weighted by Crippen LogP contribution is 2.20. The minimum atomic E-state index is -0.255. The number of carbonyl (C=O) groups excluding carboxylic acids is 2. The molecule has 0 aliphatic rings. The van der Waals surface area contributed by atoms with Crippen LogP contribution in [0.5, 0.6) is 0 Å². The Morgan fingerprint density at radius 1 is 1.14 bits per heavy atom. The van der Waals surface area contributed by atoms with Gasteiger partial charge >= 0.3 is 6.03 Å². The van der Waals surface area contributed by atoms with Gasteiger partial charge in [0.2, 0.25) is 0 Å². The first kappa shape index (κ1) is 15.3. The number of hydrogen-bond donors (Lipinski definition) is 2. The molecule has 2 amide bonds. The molecule has 0 saturated carbocycles. The van der Waals surface area contributed by atoms with Crippen LogP contribution in [0.15, 0.2) is 30.3 Å². The first-order valence-corrected chi connectivity index (χ1v) is 7.49. The number of nitrogens with one attached hydrogen (secondary N) is 2. The summed E-state index contributed by atoms with van der Waals surface area (Å²) in [6, 6.07) is 8.66. The SMILES string of the molecule is CC(=O)c1ccc(NC(=O)NCc2cc(C)c(C)s2)cc1. The topological polar surface area (TPSA) is 58.2 Å². The average molecular weight is 302 g/mol. The fourth-order valence-corrected chi connectivity index (χ4v) is 2.86. The second-order valence-corrected chi connectivity index (χ2v) is 6.23. The molecule has 2 N–H and O–H groups in total. The summed E-state index contributed by atoms with van der Waals surface area (Å²) in [4.78, 5) is 25.4. The van der Waals surface area contributed by atoms with Crippen molar-refractivity contribution in [1.29, 1.82) is 0 Å². The Kier molecular flexibility index (Phi) is 4.75. The van der Waals surface area contributed by atoms with Gasteiger partial charge in [-0.3, -0.25) is 4.79 Å². The summed E-state index contributed by atoms with van der Waals surface area (Å²) in [5.41, 5.74) is 2.54. The van der Waals surface area contributed by atoms with E-state index in [4.69, 9.17) is 0 Å². The number of thiophene rings is 1. The van der Waals surface area contributed by atoms with Gasteiger partial charge in [0.25, 0.3) is 0 Å². The van der Waals surface area contributed by atoms with Gasteiger partial charge in [0.15, 0.2) is 5.78 Å². The van der Waals surface area contributed by atoms with Crippen LogP contribution >= 0.6 is 11.3 Å². The predicted octanol–water partition coefficient (Wildman–Crippen LogP) is 3.89. The molecule has 5 heteroatoms. The Labute approximate surface area is 128 Å². The maximum Gasteiger partial charge on any atom is 0.319 e. The zero-order chi connectivity index (χ0) is 15.4. The third kappa shape index (κ3) is 4.16. The van der Waals surface area contributed by atoms with E-state index in [1.54, 1.807) is 35.6 Å². The summed E-state index contributed by atoms with van der Waals surface area (Å²) < 4.78 is 0. The zero-order valence-electron chi connectivity index (χ0n) is 12.3. The molecule has 0 fully saturated rings. The van der Waals surface area contributed by atoms with Crippen molar-refractivity contribution in [3.8, 4) is 0 Å². The van der Waals surface area contributed by atoms with Gasteiger partial charge in [-0.1, -0.05) is 0 Å². The van der Waals surface area contributed by atoms with Crippen LogP contribution in [0.25, 0.3) is 0 Å². The minimum absolute atomic E-state index is 0.00874. The Morgan fingerprint density at radius 2 is 1.81 bits per heavy atom. The maximum atomic E-state index is 11.8. The molecule has 2 aromatic rings. The number of benzene rings is 1. The molecule has 0 bridgehead atoms. The van der Waals surface area contributed by atoms with Gasteiger partial charge in [0.1, 0.15) is 0 Å². The molecule has 110 valence electrons. The van der Waals surface area contributed by atoms with E-state index >= 15 is 0 Å². The number of amides is 2. The lowest BCUT2D eigenvalue weighted by atomic mass is 10.1. The largest absolute Gasteiger partial charge is 0.333 e.